The fraction of sp³-hybridized carbons (Fsp3) is 0.533. The van der Waals surface area contributed by atoms with Gasteiger partial charge in [-0.05, 0) is 42.9 Å². The minimum atomic E-state index is -0.847. The Morgan fingerprint density at radius 3 is 2.85 bits per heavy atom. The highest BCUT2D eigenvalue weighted by molar-refractivity contribution is 5.83. The van der Waals surface area contributed by atoms with Crippen molar-refractivity contribution in [3.8, 4) is 0 Å². The minimum absolute atomic E-state index is 0.0247. The van der Waals surface area contributed by atoms with Crippen LogP contribution in [0.3, 0.4) is 0 Å². The number of rotatable bonds is 3. The Balaban J connectivity index is 1.69. The number of hydrogen-bond donors (Lipinski definition) is 1. The largest absolute Gasteiger partial charge is 0.338 e. The zero-order chi connectivity index (χ0) is 14.3. The molecule has 2 aliphatic rings. The first-order valence-corrected chi connectivity index (χ1v) is 7.07. The summed E-state index contributed by atoms with van der Waals surface area (Å²) in [7, 11) is 0. The predicted octanol–water partition coefficient (Wildman–Crippen LogP) is 2.02. The van der Waals surface area contributed by atoms with Crippen molar-refractivity contribution in [3.63, 3.8) is 0 Å². The first-order chi connectivity index (χ1) is 9.61. The molecule has 3 atom stereocenters. The van der Waals surface area contributed by atoms with Gasteiger partial charge in [0.05, 0.1) is 0 Å². The molecule has 0 unspecified atom stereocenters. The highest BCUT2D eigenvalue weighted by Gasteiger charge is 2.47. The fourth-order valence-electron chi connectivity index (χ4n) is 3.16. The number of carbonyl (C=O) groups excluding carboxylic acids is 1. The van der Waals surface area contributed by atoms with E-state index in [-0.39, 0.29) is 23.8 Å². The molecule has 1 amide bonds. The second kappa shape index (κ2) is 5.13. The second-order valence-electron chi connectivity index (χ2n) is 5.69. The van der Waals surface area contributed by atoms with Gasteiger partial charge >= 0.3 is 0 Å². The van der Waals surface area contributed by atoms with Gasteiger partial charge < -0.3 is 10.6 Å². The predicted molar refractivity (Wildman–Crippen MR) is 71.0 cm³/mol. The van der Waals surface area contributed by atoms with Crippen LogP contribution in [-0.2, 0) is 4.79 Å². The molecule has 5 heteroatoms. The number of nitrogens with two attached hydrogens (primary N) is 1. The van der Waals surface area contributed by atoms with Crippen molar-refractivity contribution < 1.29 is 13.6 Å². The molecule has 20 heavy (non-hydrogen) atoms. The third-order valence-corrected chi connectivity index (χ3v) is 4.41. The van der Waals surface area contributed by atoms with Crippen molar-refractivity contribution in [2.45, 2.75) is 31.2 Å². The molecule has 2 fully saturated rings. The zero-order valence-corrected chi connectivity index (χ0v) is 11.2. The van der Waals surface area contributed by atoms with E-state index in [9.17, 15) is 13.6 Å². The fourth-order valence-corrected chi connectivity index (χ4v) is 3.16. The number of nitrogens with zero attached hydrogens (tertiary/aromatic N) is 1. The van der Waals surface area contributed by atoms with Crippen LogP contribution in [0.25, 0.3) is 0 Å². The van der Waals surface area contributed by atoms with Gasteiger partial charge in [0.15, 0.2) is 11.6 Å². The van der Waals surface area contributed by atoms with E-state index in [4.69, 9.17) is 5.73 Å². The smallest absolute Gasteiger partial charge is 0.226 e. The van der Waals surface area contributed by atoms with E-state index in [0.29, 0.717) is 12.1 Å². The van der Waals surface area contributed by atoms with Crippen molar-refractivity contribution in [3.05, 3.63) is 35.4 Å². The van der Waals surface area contributed by atoms with Crippen molar-refractivity contribution in [2.24, 2.45) is 11.7 Å². The van der Waals surface area contributed by atoms with E-state index in [1.807, 2.05) is 4.90 Å². The van der Waals surface area contributed by atoms with Crippen LogP contribution in [0.1, 0.15) is 30.7 Å². The lowest BCUT2D eigenvalue weighted by molar-refractivity contribution is -0.133. The van der Waals surface area contributed by atoms with Crippen LogP contribution in [0.5, 0.6) is 0 Å². The molecule has 1 saturated carbocycles. The topological polar surface area (TPSA) is 46.3 Å². The van der Waals surface area contributed by atoms with E-state index >= 15 is 0 Å². The molecular weight excluding hydrogens is 262 g/mol. The average molecular weight is 280 g/mol. The third-order valence-electron chi connectivity index (χ3n) is 4.41. The first-order valence-electron chi connectivity index (χ1n) is 7.07. The quantitative estimate of drug-likeness (QED) is 0.920. The number of amides is 1. The molecule has 3 rings (SSSR count). The molecule has 108 valence electrons. The van der Waals surface area contributed by atoms with Gasteiger partial charge in [-0.15, -0.1) is 0 Å². The SMILES string of the molecule is NC[C@@H]1CCCN1C(=O)[C@@H]1C[C@H]1c1ccc(F)c(F)c1. The summed E-state index contributed by atoms with van der Waals surface area (Å²) >= 11 is 0. The maximum Gasteiger partial charge on any atom is 0.226 e. The molecule has 0 bridgehead atoms. The number of likely N-dealkylation sites (tertiary alicyclic amines) is 1. The Hall–Kier alpha value is -1.49. The highest BCUT2D eigenvalue weighted by atomic mass is 19.2. The summed E-state index contributed by atoms with van der Waals surface area (Å²) in [6, 6.07) is 4.05. The van der Waals surface area contributed by atoms with Crippen molar-refractivity contribution >= 4 is 5.91 Å². The Morgan fingerprint density at radius 1 is 1.35 bits per heavy atom. The van der Waals surface area contributed by atoms with E-state index < -0.39 is 11.6 Å². The summed E-state index contributed by atoms with van der Waals surface area (Å²) in [5.41, 5.74) is 6.39. The molecular formula is C15H18F2N2O. The molecule has 1 aliphatic heterocycles. The Kier molecular flexibility index (Phi) is 3.46. The monoisotopic (exact) mass is 280 g/mol. The van der Waals surface area contributed by atoms with Crippen LogP contribution in [0.15, 0.2) is 18.2 Å². The van der Waals surface area contributed by atoms with Gasteiger partial charge in [0.1, 0.15) is 0 Å². The molecule has 1 saturated heterocycles. The van der Waals surface area contributed by atoms with Crippen LogP contribution in [-0.4, -0.2) is 29.9 Å². The van der Waals surface area contributed by atoms with Gasteiger partial charge in [-0.1, -0.05) is 6.07 Å². The summed E-state index contributed by atoms with van der Waals surface area (Å²) in [5.74, 6) is -1.64. The summed E-state index contributed by atoms with van der Waals surface area (Å²) in [6.45, 7) is 1.26. The second-order valence-corrected chi connectivity index (χ2v) is 5.69. The Morgan fingerprint density at radius 2 is 2.15 bits per heavy atom. The van der Waals surface area contributed by atoms with Crippen LogP contribution in [0, 0.1) is 17.6 Å². The molecule has 1 aromatic carbocycles. The zero-order valence-electron chi connectivity index (χ0n) is 11.2. The van der Waals surface area contributed by atoms with Gasteiger partial charge in [0.2, 0.25) is 5.91 Å². The van der Waals surface area contributed by atoms with Crippen LogP contribution in [0.2, 0.25) is 0 Å². The van der Waals surface area contributed by atoms with Gasteiger partial charge in [0, 0.05) is 25.0 Å². The van der Waals surface area contributed by atoms with Crippen LogP contribution >= 0.6 is 0 Å². The molecule has 2 N–H and O–H groups in total. The maximum absolute atomic E-state index is 13.2. The van der Waals surface area contributed by atoms with Crippen LogP contribution in [0.4, 0.5) is 8.78 Å². The summed E-state index contributed by atoms with van der Waals surface area (Å²) in [6.07, 6.45) is 2.68. The molecule has 1 aliphatic carbocycles. The molecule has 0 aromatic heterocycles. The molecule has 1 heterocycles. The van der Waals surface area contributed by atoms with E-state index in [1.165, 1.54) is 6.07 Å². The number of halogens is 2. The highest BCUT2D eigenvalue weighted by Crippen LogP contribution is 2.49. The number of carbonyl (C=O) groups is 1. The number of benzene rings is 1. The van der Waals surface area contributed by atoms with Crippen molar-refractivity contribution in [1.82, 2.24) is 4.90 Å². The Labute approximate surface area is 116 Å². The first kappa shape index (κ1) is 13.5. The molecule has 0 spiro atoms. The Bertz CT molecular complexity index is 535. The van der Waals surface area contributed by atoms with E-state index in [0.717, 1.165) is 31.9 Å². The van der Waals surface area contributed by atoms with Gasteiger partial charge in [-0.2, -0.15) is 0 Å². The number of hydrogen-bond acceptors (Lipinski definition) is 2. The summed E-state index contributed by atoms with van der Waals surface area (Å²) in [5, 5.41) is 0. The lowest BCUT2D eigenvalue weighted by Gasteiger charge is -2.23. The normalized spacial score (nSPS) is 28.8. The van der Waals surface area contributed by atoms with Crippen molar-refractivity contribution in [2.75, 3.05) is 13.1 Å². The lowest BCUT2D eigenvalue weighted by Crippen LogP contribution is -2.40. The minimum Gasteiger partial charge on any atom is -0.338 e. The standard InChI is InChI=1S/C15H18F2N2O/c16-13-4-3-9(6-14(13)17)11-7-12(11)15(20)19-5-1-2-10(19)8-18/h3-4,6,10-12H,1-2,5,7-8,18H2/t10-,11-,12+/m0/s1. The van der Waals surface area contributed by atoms with Crippen molar-refractivity contribution in [1.29, 1.82) is 0 Å². The molecule has 3 nitrogen and oxygen atoms in total. The van der Waals surface area contributed by atoms with Gasteiger partial charge in [-0.25, -0.2) is 8.78 Å². The molecule has 1 aromatic rings. The summed E-state index contributed by atoms with van der Waals surface area (Å²) in [4.78, 5) is 14.3. The van der Waals surface area contributed by atoms with Gasteiger partial charge in [-0.3, -0.25) is 4.79 Å². The lowest BCUT2D eigenvalue weighted by atomic mass is 10.1. The summed E-state index contributed by atoms with van der Waals surface area (Å²) < 4.78 is 26.1. The van der Waals surface area contributed by atoms with Gasteiger partial charge in [0.25, 0.3) is 0 Å². The third kappa shape index (κ3) is 2.30. The maximum atomic E-state index is 13.2. The average Bonchev–Trinajstić information content (AvgIpc) is 3.10. The van der Waals surface area contributed by atoms with E-state index in [2.05, 4.69) is 0 Å². The van der Waals surface area contributed by atoms with Crippen LogP contribution < -0.4 is 5.73 Å². The molecule has 0 radical (unpaired) electrons. The van der Waals surface area contributed by atoms with E-state index in [1.54, 1.807) is 6.07 Å².